The molecule has 0 aromatic heterocycles. The summed E-state index contributed by atoms with van der Waals surface area (Å²) in [7, 11) is 0. The van der Waals surface area contributed by atoms with Crippen LogP contribution in [-0.2, 0) is 14.3 Å². The molecule has 4 nitrogen and oxygen atoms in total. The van der Waals surface area contributed by atoms with Crippen LogP contribution in [0.2, 0.25) is 0 Å². The van der Waals surface area contributed by atoms with Gasteiger partial charge in [0.15, 0.2) is 6.29 Å². The summed E-state index contributed by atoms with van der Waals surface area (Å²) in [5, 5.41) is 8.93. The van der Waals surface area contributed by atoms with Crippen LogP contribution in [0.25, 0.3) is 0 Å². The average Bonchev–Trinajstić information content (AvgIpc) is 2.52. The SMILES string of the molecule is CCCCCC[C@H]1CC[C@H](C2OCC(C(=O)O)CO2)CC1. The van der Waals surface area contributed by atoms with Gasteiger partial charge in [-0.15, -0.1) is 0 Å². The maximum atomic E-state index is 10.9. The van der Waals surface area contributed by atoms with Gasteiger partial charge >= 0.3 is 5.97 Å². The standard InChI is InChI=1S/C17H30O4/c1-2-3-4-5-6-13-7-9-14(10-8-13)17-20-11-15(12-21-17)16(18)19/h13-15,17H,2-12H2,1H3,(H,18,19)/t13-,14-,15?,17?. The second-order valence-electron chi connectivity index (χ2n) is 6.70. The molecule has 0 radical (unpaired) electrons. The van der Waals surface area contributed by atoms with Crippen LogP contribution in [0.5, 0.6) is 0 Å². The second kappa shape index (κ2) is 8.74. The van der Waals surface area contributed by atoms with Crippen molar-refractivity contribution >= 4 is 5.97 Å². The van der Waals surface area contributed by atoms with Gasteiger partial charge in [0.05, 0.1) is 13.2 Å². The van der Waals surface area contributed by atoms with Crippen LogP contribution < -0.4 is 0 Å². The first-order chi connectivity index (χ1) is 10.2. The number of unbranched alkanes of at least 4 members (excludes halogenated alkanes) is 3. The maximum Gasteiger partial charge on any atom is 0.311 e. The summed E-state index contributed by atoms with van der Waals surface area (Å²) in [5.74, 6) is 0.0421. The normalized spacial score (nSPS) is 33.8. The fourth-order valence-corrected chi connectivity index (χ4v) is 3.54. The Morgan fingerprint density at radius 3 is 2.29 bits per heavy atom. The largest absolute Gasteiger partial charge is 0.481 e. The van der Waals surface area contributed by atoms with Crippen molar-refractivity contribution in [1.29, 1.82) is 0 Å². The quantitative estimate of drug-likeness (QED) is 0.726. The number of aliphatic carboxylic acids is 1. The van der Waals surface area contributed by atoms with Crippen LogP contribution in [0.4, 0.5) is 0 Å². The molecule has 0 aromatic rings. The van der Waals surface area contributed by atoms with E-state index in [4.69, 9.17) is 14.6 Å². The predicted molar refractivity (Wildman–Crippen MR) is 81.0 cm³/mol. The van der Waals surface area contributed by atoms with Crippen LogP contribution >= 0.6 is 0 Å². The summed E-state index contributed by atoms with van der Waals surface area (Å²) in [6.07, 6.45) is 11.5. The molecule has 0 unspecified atom stereocenters. The molecule has 0 amide bonds. The van der Waals surface area contributed by atoms with Gasteiger partial charge in [0.2, 0.25) is 0 Å². The molecule has 21 heavy (non-hydrogen) atoms. The number of rotatable bonds is 7. The van der Waals surface area contributed by atoms with Crippen LogP contribution in [0, 0.1) is 17.8 Å². The molecule has 1 saturated carbocycles. The molecule has 4 heteroatoms. The topological polar surface area (TPSA) is 55.8 Å². The number of carboxylic acid groups (broad SMARTS) is 1. The third-order valence-corrected chi connectivity index (χ3v) is 5.01. The van der Waals surface area contributed by atoms with Crippen molar-refractivity contribution in [3.05, 3.63) is 0 Å². The van der Waals surface area contributed by atoms with E-state index in [2.05, 4.69) is 6.92 Å². The van der Waals surface area contributed by atoms with E-state index in [0.717, 1.165) is 5.92 Å². The summed E-state index contributed by atoms with van der Waals surface area (Å²) in [6.45, 7) is 2.86. The molecule has 0 bridgehead atoms. The maximum absolute atomic E-state index is 10.9. The van der Waals surface area contributed by atoms with E-state index < -0.39 is 11.9 Å². The number of carbonyl (C=O) groups is 1. The Bertz CT molecular complexity index is 302. The average molecular weight is 298 g/mol. The molecule has 2 fully saturated rings. The fourth-order valence-electron chi connectivity index (χ4n) is 3.54. The van der Waals surface area contributed by atoms with Gasteiger partial charge in [-0.05, 0) is 31.6 Å². The number of hydrogen-bond donors (Lipinski definition) is 1. The van der Waals surface area contributed by atoms with Crippen molar-refractivity contribution in [3.8, 4) is 0 Å². The van der Waals surface area contributed by atoms with Crippen molar-refractivity contribution in [3.63, 3.8) is 0 Å². The molecule has 2 rings (SSSR count). The Hall–Kier alpha value is -0.610. The molecule has 1 heterocycles. The molecule has 0 spiro atoms. The minimum atomic E-state index is -0.816. The van der Waals surface area contributed by atoms with Crippen LogP contribution in [-0.4, -0.2) is 30.6 Å². The lowest BCUT2D eigenvalue weighted by Gasteiger charge is -2.36. The first-order valence-electron chi connectivity index (χ1n) is 8.66. The predicted octanol–water partition coefficient (Wildman–Crippen LogP) is 3.84. The number of hydrogen-bond acceptors (Lipinski definition) is 3. The molecule has 0 aromatic carbocycles. The van der Waals surface area contributed by atoms with E-state index in [1.807, 2.05) is 0 Å². The molecule has 2 aliphatic rings. The van der Waals surface area contributed by atoms with Gasteiger partial charge in [-0.25, -0.2) is 0 Å². The number of ether oxygens (including phenoxy) is 2. The molecular formula is C17H30O4. The highest BCUT2D eigenvalue weighted by Crippen LogP contribution is 2.36. The molecule has 1 aliphatic carbocycles. The van der Waals surface area contributed by atoms with E-state index in [1.165, 1.54) is 57.8 Å². The lowest BCUT2D eigenvalue weighted by atomic mass is 9.79. The summed E-state index contributed by atoms with van der Waals surface area (Å²) in [4.78, 5) is 10.9. The Kier molecular flexibility index (Phi) is 6.97. The van der Waals surface area contributed by atoms with E-state index in [0.29, 0.717) is 19.1 Å². The van der Waals surface area contributed by atoms with Crippen molar-refractivity contribution in [2.45, 2.75) is 71.0 Å². The van der Waals surface area contributed by atoms with E-state index in [9.17, 15) is 4.79 Å². The van der Waals surface area contributed by atoms with Crippen LogP contribution in [0.1, 0.15) is 64.7 Å². The van der Waals surface area contributed by atoms with Gasteiger partial charge < -0.3 is 14.6 Å². The molecule has 1 saturated heterocycles. The van der Waals surface area contributed by atoms with Crippen LogP contribution in [0.15, 0.2) is 0 Å². The first-order valence-corrected chi connectivity index (χ1v) is 8.66. The zero-order valence-corrected chi connectivity index (χ0v) is 13.3. The van der Waals surface area contributed by atoms with Gasteiger partial charge in [-0.1, -0.05) is 39.0 Å². The van der Waals surface area contributed by atoms with Crippen LogP contribution in [0.3, 0.4) is 0 Å². The van der Waals surface area contributed by atoms with Gasteiger partial charge in [-0.2, -0.15) is 0 Å². The number of carboxylic acids is 1. The Balaban J connectivity index is 1.62. The Labute approximate surface area is 128 Å². The molecule has 1 aliphatic heterocycles. The minimum absolute atomic E-state index is 0.165. The Morgan fingerprint density at radius 1 is 1.05 bits per heavy atom. The van der Waals surface area contributed by atoms with Crippen molar-refractivity contribution in [2.24, 2.45) is 17.8 Å². The van der Waals surface area contributed by atoms with Gasteiger partial charge in [0, 0.05) is 5.92 Å². The van der Waals surface area contributed by atoms with Gasteiger partial charge in [0.25, 0.3) is 0 Å². The molecule has 1 N–H and O–H groups in total. The van der Waals surface area contributed by atoms with E-state index >= 15 is 0 Å². The van der Waals surface area contributed by atoms with Gasteiger partial charge in [0.1, 0.15) is 5.92 Å². The highest BCUT2D eigenvalue weighted by molar-refractivity contribution is 5.70. The lowest BCUT2D eigenvalue weighted by Crippen LogP contribution is -2.41. The first kappa shape index (κ1) is 16.8. The smallest absolute Gasteiger partial charge is 0.311 e. The zero-order chi connectivity index (χ0) is 15.1. The Morgan fingerprint density at radius 2 is 1.71 bits per heavy atom. The monoisotopic (exact) mass is 298 g/mol. The summed E-state index contributed by atoms with van der Waals surface area (Å²) in [6, 6.07) is 0. The lowest BCUT2D eigenvalue weighted by molar-refractivity contribution is -0.231. The second-order valence-corrected chi connectivity index (χ2v) is 6.70. The fraction of sp³-hybridized carbons (Fsp3) is 0.941. The van der Waals surface area contributed by atoms with E-state index in [1.54, 1.807) is 0 Å². The van der Waals surface area contributed by atoms with Crippen molar-refractivity contribution < 1.29 is 19.4 Å². The third kappa shape index (κ3) is 5.26. The highest BCUT2D eigenvalue weighted by Gasteiger charge is 2.34. The summed E-state index contributed by atoms with van der Waals surface area (Å²) < 4.78 is 11.3. The molecule has 0 atom stereocenters. The molecular weight excluding hydrogens is 268 g/mol. The third-order valence-electron chi connectivity index (χ3n) is 5.01. The van der Waals surface area contributed by atoms with Crippen molar-refractivity contribution in [1.82, 2.24) is 0 Å². The summed E-state index contributed by atoms with van der Waals surface area (Å²) in [5.41, 5.74) is 0. The zero-order valence-electron chi connectivity index (χ0n) is 13.3. The van der Waals surface area contributed by atoms with Crippen molar-refractivity contribution in [2.75, 3.05) is 13.2 Å². The van der Waals surface area contributed by atoms with E-state index in [-0.39, 0.29) is 6.29 Å². The minimum Gasteiger partial charge on any atom is -0.481 e. The molecule has 122 valence electrons. The summed E-state index contributed by atoms with van der Waals surface area (Å²) >= 11 is 0. The van der Waals surface area contributed by atoms with Gasteiger partial charge in [-0.3, -0.25) is 4.79 Å². The highest BCUT2D eigenvalue weighted by atomic mass is 16.7.